The van der Waals surface area contributed by atoms with Gasteiger partial charge < -0.3 is 10.1 Å². The molecule has 0 fully saturated rings. The van der Waals surface area contributed by atoms with E-state index in [2.05, 4.69) is 5.32 Å². The molecule has 0 bridgehead atoms. The Hall–Kier alpha value is -2.69. The molecule has 3 rings (SSSR count). The standard InChI is InChI=1S/C16H12FNO3/c17-12-4-1-10(2-5-12)16(20)21-13-6-7-14-11(9-13)3-8-15(19)18-14/h1-2,4-7,9H,3,8H2,(H,18,19). The van der Waals surface area contributed by atoms with Gasteiger partial charge in [-0.3, -0.25) is 4.79 Å². The van der Waals surface area contributed by atoms with E-state index in [-0.39, 0.29) is 11.5 Å². The van der Waals surface area contributed by atoms with E-state index in [0.29, 0.717) is 18.6 Å². The predicted molar refractivity (Wildman–Crippen MR) is 74.8 cm³/mol. The van der Waals surface area contributed by atoms with Crippen LogP contribution < -0.4 is 10.1 Å². The van der Waals surface area contributed by atoms with Crippen molar-refractivity contribution in [1.82, 2.24) is 0 Å². The molecule has 0 atom stereocenters. The van der Waals surface area contributed by atoms with Gasteiger partial charge in [-0.15, -0.1) is 0 Å². The zero-order chi connectivity index (χ0) is 14.8. The number of anilines is 1. The summed E-state index contributed by atoms with van der Waals surface area (Å²) in [4.78, 5) is 23.2. The second kappa shape index (κ2) is 5.36. The summed E-state index contributed by atoms with van der Waals surface area (Å²) in [6.07, 6.45) is 1.03. The molecule has 0 aromatic heterocycles. The second-order valence-electron chi connectivity index (χ2n) is 4.76. The molecule has 1 aliphatic heterocycles. The van der Waals surface area contributed by atoms with Gasteiger partial charge in [0.2, 0.25) is 5.91 Å². The van der Waals surface area contributed by atoms with Crippen LogP contribution in [-0.2, 0) is 11.2 Å². The zero-order valence-corrected chi connectivity index (χ0v) is 11.1. The summed E-state index contributed by atoms with van der Waals surface area (Å²) in [6.45, 7) is 0. The number of ether oxygens (including phenoxy) is 1. The Balaban J connectivity index is 1.77. The van der Waals surface area contributed by atoms with Crippen molar-refractivity contribution in [1.29, 1.82) is 0 Å². The maximum Gasteiger partial charge on any atom is 0.343 e. The average Bonchev–Trinajstić information content (AvgIpc) is 2.48. The number of benzene rings is 2. The fourth-order valence-corrected chi connectivity index (χ4v) is 2.18. The van der Waals surface area contributed by atoms with Crippen LogP contribution in [0.2, 0.25) is 0 Å². The highest BCUT2D eigenvalue weighted by Gasteiger charge is 2.16. The van der Waals surface area contributed by atoms with Gasteiger partial charge in [-0.25, -0.2) is 9.18 Å². The Morgan fingerprint density at radius 3 is 2.62 bits per heavy atom. The molecule has 21 heavy (non-hydrogen) atoms. The van der Waals surface area contributed by atoms with Gasteiger partial charge >= 0.3 is 5.97 Å². The highest BCUT2D eigenvalue weighted by molar-refractivity contribution is 5.94. The third-order valence-electron chi connectivity index (χ3n) is 3.26. The number of halogens is 1. The third-order valence-corrected chi connectivity index (χ3v) is 3.26. The van der Waals surface area contributed by atoms with E-state index in [1.807, 2.05) is 0 Å². The van der Waals surface area contributed by atoms with Crippen LogP contribution in [0, 0.1) is 5.82 Å². The van der Waals surface area contributed by atoms with Crippen LogP contribution in [0.25, 0.3) is 0 Å². The molecule has 0 spiro atoms. The zero-order valence-electron chi connectivity index (χ0n) is 11.1. The lowest BCUT2D eigenvalue weighted by molar-refractivity contribution is -0.116. The van der Waals surface area contributed by atoms with E-state index >= 15 is 0 Å². The number of nitrogens with one attached hydrogen (secondary N) is 1. The largest absolute Gasteiger partial charge is 0.423 e. The van der Waals surface area contributed by atoms with Crippen LogP contribution in [0.5, 0.6) is 5.75 Å². The molecule has 1 heterocycles. The van der Waals surface area contributed by atoms with E-state index in [4.69, 9.17) is 4.74 Å². The van der Waals surface area contributed by atoms with Crippen molar-refractivity contribution in [2.45, 2.75) is 12.8 Å². The smallest absolute Gasteiger partial charge is 0.343 e. The van der Waals surface area contributed by atoms with Crippen LogP contribution in [0.15, 0.2) is 42.5 Å². The second-order valence-corrected chi connectivity index (χ2v) is 4.76. The molecule has 0 aliphatic carbocycles. The molecule has 4 nitrogen and oxygen atoms in total. The molecule has 1 N–H and O–H groups in total. The number of fused-ring (bicyclic) bond motifs is 1. The van der Waals surface area contributed by atoms with Gasteiger partial charge in [-0.2, -0.15) is 0 Å². The van der Waals surface area contributed by atoms with Gasteiger partial charge in [-0.05, 0) is 54.4 Å². The lowest BCUT2D eigenvalue weighted by Gasteiger charge is -2.17. The first-order chi connectivity index (χ1) is 10.1. The quantitative estimate of drug-likeness (QED) is 0.682. The molecule has 106 valence electrons. The first-order valence-corrected chi connectivity index (χ1v) is 6.52. The van der Waals surface area contributed by atoms with Crippen molar-refractivity contribution < 1.29 is 18.7 Å². The van der Waals surface area contributed by atoms with E-state index < -0.39 is 11.8 Å². The van der Waals surface area contributed by atoms with Crippen molar-refractivity contribution in [3.8, 4) is 5.75 Å². The Bertz CT molecular complexity index is 710. The van der Waals surface area contributed by atoms with Crippen molar-refractivity contribution in [3.63, 3.8) is 0 Å². The predicted octanol–water partition coefficient (Wildman–Crippen LogP) is 2.93. The lowest BCUT2D eigenvalue weighted by atomic mass is 10.0. The van der Waals surface area contributed by atoms with E-state index in [0.717, 1.165) is 11.3 Å². The van der Waals surface area contributed by atoms with Crippen LogP contribution in [0.1, 0.15) is 22.3 Å². The molecule has 2 aromatic carbocycles. The van der Waals surface area contributed by atoms with Crippen LogP contribution in [0.3, 0.4) is 0 Å². The van der Waals surface area contributed by atoms with Crippen molar-refractivity contribution >= 4 is 17.6 Å². The van der Waals surface area contributed by atoms with Crippen molar-refractivity contribution in [2.24, 2.45) is 0 Å². The number of carbonyl (C=O) groups is 2. The molecule has 1 amide bonds. The maximum atomic E-state index is 12.8. The monoisotopic (exact) mass is 285 g/mol. The van der Waals surface area contributed by atoms with Crippen molar-refractivity contribution in [3.05, 3.63) is 59.4 Å². The Kier molecular flexibility index (Phi) is 3.39. The van der Waals surface area contributed by atoms with Crippen LogP contribution in [-0.4, -0.2) is 11.9 Å². The molecular formula is C16H12FNO3. The Morgan fingerprint density at radius 2 is 1.86 bits per heavy atom. The first-order valence-electron chi connectivity index (χ1n) is 6.52. The van der Waals surface area contributed by atoms with E-state index in [9.17, 15) is 14.0 Å². The number of rotatable bonds is 2. The Labute approximate surface area is 120 Å². The third kappa shape index (κ3) is 2.91. The molecule has 1 aliphatic rings. The molecule has 5 heteroatoms. The summed E-state index contributed by atoms with van der Waals surface area (Å²) in [5, 5.41) is 2.76. The fraction of sp³-hybridized carbons (Fsp3) is 0.125. The first kappa shape index (κ1) is 13.3. The van der Waals surface area contributed by atoms with E-state index in [1.165, 1.54) is 24.3 Å². The van der Waals surface area contributed by atoms with Gasteiger partial charge in [0.05, 0.1) is 5.56 Å². The number of hydrogen-bond acceptors (Lipinski definition) is 3. The van der Waals surface area contributed by atoms with Crippen molar-refractivity contribution in [2.75, 3.05) is 5.32 Å². The van der Waals surface area contributed by atoms with Gasteiger partial charge in [0, 0.05) is 12.1 Å². The minimum Gasteiger partial charge on any atom is -0.423 e. The van der Waals surface area contributed by atoms with Gasteiger partial charge in [-0.1, -0.05) is 0 Å². The fourth-order valence-electron chi connectivity index (χ4n) is 2.18. The van der Waals surface area contributed by atoms with Gasteiger partial charge in [0.15, 0.2) is 0 Å². The molecule has 0 saturated heterocycles. The summed E-state index contributed by atoms with van der Waals surface area (Å²) in [6, 6.07) is 10.2. The van der Waals surface area contributed by atoms with Crippen LogP contribution in [0.4, 0.5) is 10.1 Å². The lowest BCUT2D eigenvalue weighted by Crippen LogP contribution is -2.19. The number of amides is 1. The molecule has 2 aromatic rings. The number of aryl methyl sites for hydroxylation is 1. The minimum atomic E-state index is -0.546. The average molecular weight is 285 g/mol. The number of carbonyl (C=O) groups excluding carboxylic acids is 2. The SMILES string of the molecule is O=C1CCc2cc(OC(=O)c3ccc(F)cc3)ccc2N1. The molecular weight excluding hydrogens is 273 g/mol. The minimum absolute atomic E-state index is 0.0152. The Morgan fingerprint density at radius 1 is 1.10 bits per heavy atom. The van der Waals surface area contributed by atoms with Gasteiger partial charge in [0.1, 0.15) is 11.6 Å². The molecule has 0 unspecified atom stereocenters. The summed E-state index contributed by atoms with van der Waals surface area (Å²) >= 11 is 0. The highest BCUT2D eigenvalue weighted by Crippen LogP contribution is 2.27. The van der Waals surface area contributed by atoms with Gasteiger partial charge in [0.25, 0.3) is 0 Å². The van der Waals surface area contributed by atoms with E-state index in [1.54, 1.807) is 18.2 Å². The number of hydrogen-bond donors (Lipinski definition) is 1. The summed E-state index contributed by atoms with van der Waals surface area (Å²) in [5.74, 6) is -0.566. The number of esters is 1. The summed E-state index contributed by atoms with van der Waals surface area (Å²) in [5.41, 5.74) is 1.95. The summed E-state index contributed by atoms with van der Waals surface area (Å²) in [7, 11) is 0. The highest BCUT2D eigenvalue weighted by atomic mass is 19.1. The maximum absolute atomic E-state index is 12.8. The van der Waals surface area contributed by atoms with Crippen LogP contribution >= 0.6 is 0 Å². The molecule has 0 saturated carbocycles. The topological polar surface area (TPSA) is 55.4 Å². The summed E-state index contributed by atoms with van der Waals surface area (Å²) < 4.78 is 18.1. The normalized spacial score (nSPS) is 13.3. The molecule has 0 radical (unpaired) electrons.